The highest BCUT2D eigenvalue weighted by molar-refractivity contribution is 6.00. The number of amides is 1. The predicted octanol–water partition coefficient (Wildman–Crippen LogP) is 6.08. The van der Waals surface area contributed by atoms with Crippen molar-refractivity contribution in [2.24, 2.45) is 0 Å². The second kappa shape index (κ2) is 13.3. The van der Waals surface area contributed by atoms with Gasteiger partial charge in [0.2, 0.25) is 0 Å². The van der Waals surface area contributed by atoms with E-state index in [1.807, 2.05) is 48.2 Å². The first-order valence-corrected chi connectivity index (χ1v) is 15.5. The number of para-hydroxylation sites is 1. The van der Waals surface area contributed by atoms with Crippen molar-refractivity contribution < 1.29 is 18.0 Å². The van der Waals surface area contributed by atoms with Gasteiger partial charge in [-0.1, -0.05) is 12.1 Å². The number of benzene rings is 1. The van der Waals surface area contributed by atoms with E-state index in [9.17, 15) is 18.0 Å². The van der Waals surface area contributed by atoms with Crippen molar-refractivity contribution in [1.82, 2.24) is 24.8 Å². The molecule has 2 N–H and O–H groups in total. The SMILES string of the molecule is Cc1cc(Nc2cc(C(F)(F)F)ccn2)nc(-c2ccc(NC3CCN(C(=O)c4ccccc4N4CCN(C)CC4)CC3)nc2)c1. The number of hydrogen-bond acceptors (Lipinski definition) is 8. The molecule has 0 unspecified atom stereocenters. The van der Waals surface area contributed by atoms with Gasteiger partial charge >= 0.3 is 6.18 Å². The number of likely N-dealkylation sites (N-methyl/N-ethyl adjacent to an activating group) is 1. The van der Waals surface area contributed by atoms with Crippen molar-refractivity contribution in [1.29, 1.82) is 0 Å². The van der Waals surface area contributed by atoms with Gasteiger partial charge in [0.25, 0.3) is 5.91 Å². The third-order valence-corrected chi connectivity index (χ3v) is 8.48. The minimum atomic E-state index is -4.46. The topological polar surface area (TPSA) is 89.5 Å². The first-order valence-electron chi connectivity index (χ1n) is 15.5. The van der Waals surface area contributed by atoms with Gasteiger partial charge in [0, 0.05) is 69.0 Å². The number of alkyl halides is 3. The van der Waals surface area contributed by atoms with Crippen LogP contribution >= 0.6 is 0 Å². The third kappa shape index (κ3) is 7.39. The molecule has 5 heterocycles. The molecule has 0 bridgehead atoms. The predicted molar refractivity (Wildman–Crippen MR) is 173 cm³/mol. The molecule has 1 amide bonds. The van der Waals surface area contributed by atoms with E-state index in [1.54, 1.807) is 12.3 Å². The van der Waals surface area contributed by atoms with Gasteiger partial charge in [-0.15, -0.1) is 0 Å². The van der Waals surface area contributed by atoms with Crippen LogP contribution in [0.1, 0.15) is 34.3 Å². The number of aryl methyl sites for hydroxylation is 1. The number of halogens is 3. The molecule has 46 heavy (non-hydrogen) atoms. The number of hydrogen-bond donors (Lipinski definition) is 2. The summed E-state index contributed by atoms with van der Waals surface area (Å²) in [5, 5.41) is 6.39. The van der Waals surface area contributed by atoms with Crippen molar-refractivity contribution in [3.63, 3.8) is 0 Å². The van der Waals surface area contributed by atoms with Crippen LogP contribution in [0.25, 0.3) is 11.3 Å². The summed E-state index contributed by atoms with van der Waals surface area (Å²) in [5.74, 6) is 1.26. The van der Waals surface area contributed by atoms with Crippen LogP contribution in [-0.4, -0.2) is 83.0 Å². The fourth-order valence-corrected chi connectivity index (χ4v) is 5.90. The Bertz CT molecular complexity index is 1660. The van der Waals surface area contributed by atoms with Gasteiger partial charge in [0.1, 0.15) is 17.5 Å². The van der Waals surface area contributed by atoms with Crippen LogP contribution in [-0.2, 0) is 6.18 Å². The Morgan fingerprint density at radius 1 is 0.870 bits per heavy atom. The highest BCUT2D eigenvalue weighted by Crippen LogP contribution is 2.31. The molecule has 1 aromatic carbocycles. The van der Waals surface area contributed by atoms with E-state index in [1.165, 1.54) is 0 Å². The standard InChI is InChI=1S/C34H37F3N8O/c1-23-19-28(41-32(20-23)42-31-21-25(9-12-38-31)34(35,36)37)24-7-8-30(39-22-24)40-26-10-13-45(14-11-26)33(46)27-5-3-4-6-29(27)44-17-15-43(2)16-18-44/h3-9,12,19-22,26H,10-11,13-18H2,1-2H3,(H,39,40)(H,38,41,42). The van der Waals surface area contributed by atoms with E-state index in [4.69, 9.17) is 0 Å². The molecular weight excluding hydrogens is 593 g/mol. The Morgan fingerprint density at radius 3 is 2.35 bits per heavy atom. The van der Waals surface area contributed by atoms with Gasteiger partial charge in [-0.3, -0.25) is 4.79 Å². The molecule has 2 saturated heterocycles. The zero-order valence-electron chi connectivity index (χ0n) is 25.9. The Hall–Kier alpha value is -4.71. The van der Waals surface area contributed by atoms with E-state index in [0.29, 0.717) is 24.6 Å². The highest BCUT2D eigenvalue weighted by atomic mass is 19.4. The quantitative estimate of drug-likeness (QED) is 0.254. The second-order valence-corrected chi connectivity index (χ2v) is 11.9. The zero-order valence-corrected chi connectivity index (χ0v) is 25.9. The largest absolute Gasteiger partial charge is 0.416 e. The van der Waals surface area contributed by atoms with Gasteiger partial charge < -0.3 is 25.3 Å². The molecule has 0 spiro atoms. The summed E-state index contributed by atoms with van der Waals surface area (Å²) < 4.78 is 39.4. The molecular formula is C34H37F3N8O. The van der Waals surface area contributed by atoms with Gasteiger partial charge in [-0.05, 0) is 80.9 Å². The third-order valence-electron chi connectivity index (χ3n) is 8.48. The van der Waals surface area contributed by atoms with Crippen molar-refractivity contribution in [3.05, 3.63) is 89.7 Å². The van der Waals surface area contributed by atoms with E-state index >= 15 is 0 Å². The summed E-state index contributed by atoms with van der Waals surface area (Å²) in [4.78, 5) is 33.3. The minimum Gasteiger partial charge on any atom is -0.368 e. The molecule has 0 saturated carbocycles. The summed E-state index contributed by atoms with van der Waals surface area (Å²) >= 11 is 0. The lowest BCUT2D eigenvalue weighted by Crippen LogP contribution is -2.46. The molecule has 9 nitrogen and oxygen atoms in total. The summed E-state index contributed by atoms with van der Waals surface area (Å²) in [7, 11) is 2.12. The van der Waals surface area contributed by atoms with E-state index in [-0.39, 0.29) is 17.8 Å². The van der Waals surface area contributed by atoms with Crippen LogP contribution in [0.15, 0.2) is 73.1 Å². The number of nitrogens with zero attached hydrogens (tertiary/aromatic N) is 6. The number of rotatable bonds is 7. The molecule has 2 aliphatic heterocycles. The number of likely N-dealkylation sites (tertiary alicyclic amines) is 1. The maximum atomic E-state index is 13.6. The molecule has 4 aromatic rings. The Labute approximate surface area is 266 Å². The Kier molecular flexibility index (Phi) is 9.07. The lowest BCUT2D eigenvalue weighted by Gasteiger charge is -2.36. The van der Waals surface area contributed by atoms with E-state index in [2.05, 4.69) is 48.5 Å². The molecule has 0 aliphatic carbocycles. The molecule has 240 valence electrons. The average molecular weight is 631 g/mol. The summed E-state index contributed by atoms with van der Waals surface area (Å²) in [6.07, 6.45) is 0.00312. The number of piperidine rings is 1. The molecule has 0 atom stereocenters. The van der Waals surface area contributed by atoms with Crippen LogP contribution in [0, 0.1) is 6.92 Å². The highest BCUT2D eigenvalue weighted by Gasteiger charge is 2.31. The fourth-order valence-electron chi connectivity index (χ4n) is 5.90. The van der Waals surface area contributed by atoms with E-state index in [0.717, 1.165) is 85.5 Å². The van der Waals surface area contributed by atoms with Crippen molar-refractivity contribution in [2.75, 3.05) is 61.8 Å². The maximum absolute atomic E-state index is 13.6. The lowest BCUT2D eigenvalue weighted by atomic mass is 10.0. The molecule has 12 heteroatoms. The molecule has 2 fully saturated rings. The van der Waals surface area contributed by atoms with Crippen molar-refractivity contribution in [3.8, 4) is 11.3 Å². The van der Waals surface area contributed by atoms with Crippen LogP contribution < -0.4 is 15.5 Å². The number of aromatic nitrogens is 3. The number of carbonyl (C=O) groups is 1. The monoisotopic (exact) mass is 630 g/mol. The molecule has 6 rings (SSSR count). The van der Waals surface area contributed by atoms with Crippen LogP contribution in [0.2, 0.25) is 0 Å². The van der Waals surface area contributed by atoms with Gasteiger partial charge in [0.15, 0.2) is 0 Å². The molecule has 0 radical (unpaired) electrons. The minimum absolute atomic E-state index is 0.0588. The number of nitrogens with one attached hydrogen (secondary N) is 2. The van der Waals surface area contributed by atoms with Crippen LogP contribution in [0.5, 0.6) is 0 Å². The van der Waals surface area contributed by atoms with Crippen LogP contribution in [0.4, 0.5) is 36.3 Å². The fraction of sp³-hybridized carbons (Fsp3) is 0.353. The van der Waals surface area contributed by atoms with Gasteiger partial charge in [-0.25, -0.2) is 15.0 Å². The average Bonchev–Trinajstić information content (AvgIpc) is 3.05. The number of carbonyl (C=O) groups excluding carboxylic acids is 1. The molecule has 2 aliphatic rings. The Morgan fingerprint density at radius 2 is 1.63 bits per heavy atom. The summed E-state index contributed by atoms with van der Waals surface area (Å²) in [6.45, 7) is 7.00. The van der Waals surface area contributed by atoms with Gasteiger partial charge in [0.05, 0.1) is 16.8 Å². The van der Waals surface area contributed by atoms with E-state index < -0.39 is 11.7 Å². The normalized spacial score (nSPS) is 16.4. The Balaban J connectivity index is 1.06. The smallest absolute Gasteiger partial charge is 0.368 e. The zero-order chi connectivity index (χ0) is 32.3. The number of piperazine rings is 1. The second-order valence-electron chi connectivity index (χ2n) is 11.9. The van der Waals surface area contributed by atoms with Crippen molar-refractivity contribution >= 4 is 29.0 Å². The number of anilines is 4. The lowest BCUT2D eigenvalue weighted by molar-refractivity contribution is -0.137. The van der Waals surface area contributed by atoms with Gasteiger partial charge in [-0.2, -0.15) is 13.2 Å². The first kappa shape index (κ1) is 31.3. The summed E-state index contributed by atoms with van der Waals surface area (Å²) in [5.41, 5.74) is 3.29. The number of pyridine rings is 3. The molecule has 3 aromatic heterocycles. The first-order chi connectivity index (χ1) is 22.1. The maximum Gasteiger partial charge on any atom is 0.416 e. The van der Waals surface area contributed by atoms with Crippen LogP contribution in [0.3, 0.4) is 0 Å². The van der Waals surface area contributed by atoms with Crippen molar-refractivity contribution in [2.45, 2.75) is 32.0 Å². The summed E-state index contributed by atoms with van der Waals surface area (Å²) in [6, 6.07) is 17.5.